The zero-order chi connectivity index (χ0) is 13.3. The number of pyridine rings is 1. The quantitative estimate of drug-likeness (QED) is 0.761. The first-order valence-corrected chi connectivity index (χ1v) is 7.73. The van der Waals surface area contributed by atoms with Gasteiger partial charge < -0.3 is 0 Å². The summed E-state index contributed by atoms with van der Waals surface area (Å²) in [7, 11) is 0. The lowest BCUT2D eigenvalue weighted by Crippen LogP contribution is -2.23. The Morgan fingerprint density at radius 3 is 2.47 bits per heavy atom. The van der Waals surface area contributed by atoms with Crippen LogP contribution in [0, 0.1) is 6.92 Å². The third-order valence-electron chi connectivity index (χ3n) is 4.10. The monoisotopic (exact) mass is 315 g/mol. The summed E-state index contributed by atoms with van der Waals surface area (Å²) in [4.78, 5) is 4.99. The molecule has 0 spiro atoms. The van der Waals surface area contributed by atoms with Crippen molar-refractivity contribution in [1.29, 1.82) is 0 Å². The number of aromatic nitrogens is 1. The van der Waals surface area contributed by atoms with Gasteiger partial charge >= 0.3 is 0 Å². The molecule has 1 aromatic heterocycles. The van der Waals surface area contributed by atoms with Crippen LogP contribution in [0.5, 0.6) is 0 Å². The molecule has 1 aliphatic rings. The van der Waals surface area contributed by atoms with Gasteiger partial charge in [0.1, 0.15) is 0 Å². The lowest BCUT2D eigenvalue weighted by atomic mass is 9.90. The number of halogens is 1. The first kappa shape index (κ1) is 12.9. The molecule has 0 saturated heterocycles. The van der Waals surface area contributed by atoms with Gasteiger partial charge in [0.2, 0.25) is 0 Å². The van der Waals surface area contributed by atoms with Gasteiger partial charge in [0.25, 0.3) is 0 Å². The molecule has 19 heavy (non-hydrogen) atoms. The molecule has 0 radical (unpaired) electrons. The van der Waals surface area contributed by atoms with Crippen molar-refractivity contribution in [2.45, 2.75) is 36.4 Å². The predicted octanol–water partition coefficient (Wildman–Crippen LogP) is 4.43. The molecule has 1 unspecified atom stereocenters. The molecule has 1 aromatic carbocycles. The van der Waals surface area contributed by atoms with Crippen molar-refractivity contribution in [2.75, 3.05) is 0 Å². The summed E-state index contributed by atoms with van der Waals surface area (Å²) in [5.74, 6) is 0. The largest absolute Gasteiger partial charge is 0.261 e. The van der Waals surface area contributed by atoms with E-state index in [4.69, 9.17) is 0 Å². The number of alkyl halides is 1. The number of aryl methyl sites for hydroxylation is 1. The van der Waals surface area contributed by atoms with Gasteiger partial charge in [0.15, 0.2) is 0 Å². The molecule has 2 aromatic rings. The van der Waals surface area contributed by atoms with Gasteiger partial charge in [0, 0.05) is 28.6 Å². The summed E-state index contributed by atoms with van der Waals surface area (Å²) in [6.45, 7) is 2.08. The molecule has 1 atom stereocenters. The Kier molecular flexibility index (Phi) is 3.44. The molecular formula is C17H18BrN. The lowest BCUT2D eigenvalue weighted by Gasteiger charge is -2.22. The van der Waals surface area contributed by atoms with Gasteiger partial charge in [-0.05, 0) is 37.0 Å². The molecule has 1 saturated carbocycles. The van der Waals surface area contributed by atoms with Crippen LogP contribution in [0.2, 0.25) is 0 Å². The highest BCUT2D eigenvalue weighted by Gasteiger charge is 2.49. The second-order valence-corrected chi connectivity index (χ2v) is 6.63. The van der Waals surface area contributed by atoms with Gasteiger partial charge in [-0.25, -0.2) is 0 Å². The number of hydrogen-bond acceptors (Lipinski definition) is 1. The zero-order valence-electron chi connectivity index (χ0n) is 11.1. The molecule has 0 bridgehead atoms. The third kappa shape index (κ3) is 2.59. The molecule has 3 rings (SSSR count). The maximum atomic E-state index is 4.52. The number of hydrogen-bond donors (Lipinski definition) is 0. The first-order valence-electron chi connectivity index (χ1n) is 6.82. The van der Waals surface area contributed by atoms with E-state index in [1.54, 1.807) is 0 Å². The van der Waals surface area contributed by atoms with Crippen molar-refractivity contribution < 1.29 is 0 Å². The van der Waals surface area contributed by atoms with Crippen LogP contribution in [-0.4, -0.2) is 9.81 Å². The summed E-state index contributed by atoms with van der Waals surface area (Å²) < 4.78 is 0. The number of rotatable bonds is 4. The fourth-order valence-corrected chi connectivity index (χ4v) is 3.74. The second kappa shape index (κ2) is 5.09. The maximum absolute atomic E-state index is 4.52. The van der Waals surface area contributed by atoms with Crippen LogP contribution in [0.25, 0.3) is 0 Å². The van der Waals surface area contributed by atoms with Gasteiger partial charge in [0.05, 0.1) is 0 Å². The Hall–Kier alpha value is -1.15. The van der Waals surface area contributed by atoms with Crippen molar-refractivity contribution in [3.63, 3.8) is 0 Å². The van der Waals surface area contributed by atoms with Crippen LogP contribution in [0.15, 0.2) is 48.7 Å². The Labute approximate surface area is 123 Å². The van der Waals surface area contributed by atoms with E-state index in [1.807, 2.05) is 6.20 Å². The lowest BCUT2D eigenvalue weighted by molar-refractivity contribution is 0.640. The van der Waals surface area contributed by atoms with Gasteiger partial charge in [-0.15, -0.1) is 0 Å². The Balaban J connectivity index is 1.77. The van der Waals surface area contributed by atoms with E-state index in [1.165, 1.54) is 29.7 Å². The van der Waals surface area contributed by atoms with Crippen molar-refractivity contribution in [2.24, 2.45) is 0 Å². The molecule has 1 nitrogen and oxygen atoms in total. The van der Waals surface area contributed by atoms with Gasteiger partial charge in [-0.1, -0.05) is 52.3 Å². The zero-order valence-corrected chi connectivity index (χ0v) is 12.7. The number of nitrogens with zero attached hydrogens (tertiary/aromatic N) is 1. The van der Waals surface area contributed by atoms with E-state index in [2.05, 4.69) is 70.3 Å². The second-order valence-electron chi connectivity index (χ2n) is 5.52. The molecule has 1 heterocycles. The minimum Gasteiger partial charge on any atom is -0.261 e. The standard InChI is InChI=1S/C17H18BrN/c1-13-7-8-15(19-12-13)11-16(18)17(9-10-17)14-5-3-2-4-6-14/h2-8,12,16H,9-11H2,1H3. The Morgan fingerprint density at radius 2 is 1.89 bits per heavy atom. The van der Waals surface area contributed by atoms with Crippen LogP contribution < -0.4 is 0 Å². The maximum Gasteiger partial charge on any atom is 0.0415 e. The fraction of sp³-hybridized carbons (Fsp3) is 0.353. The minimum atomic E-state index is 0.327. The SMILES string of the molecule is Cc1ccc(CC(Br)C2(c3ccccc3)CC2)nc1. The highest BCUT2D eigenvalue weighted by molar-refractivity contribution is 9.09. The first-order chi connectivity index (χ1) is 9.21. The summed E-state index contributed by atoms with van der Waals surface area (Å²) in [6, 6.07) is 15.2. The molecule has 0 amide bonds. The summed E-state index contributed by atoms with van der Waals surface area (Å²) in [5.41, 5.74) is 4.19. The van der Waals surface area contributed by atoms with Crippen LogP contribution in [0.1, 0.15) is 29.7 Å². The van der Waals surface area contributed by atoms with Crippen molar-refractivity contribution >= 4 is 15.9 Å². The van der Waals surface area contributed by atoms with E-state index in [0.29, 0.717) is 10.2 Å². The molecule has 1 fully saturated rings. The summed E-state index contributed by atoms with van der Waals surface area (Å²) in [5, 5.41) is 0. The Bertz CT molecular complexity index is 543. The van der Waals surface area contributed by atoms with Crippen LogP contribution in [0.3, 0.4) is 0 Å². The molecule has 1 aliphatic carbocycles. The van der Waals surface area contributed by atoms with E-state index in [0.717, 1.165) is 6.42 Å². The van der Waals surface area contributed by atoms with Crippen molar-refractivity contribution in [3.05, 3.63) is 65.5 Å². The van der Waals surface area contributed by atoms with E-state index in [9.17, 15) is 0 Å². The van der Waals surface area contributed by atoms with Crippen LogP contribution >= 0.6 is 15.9 Å². The molecule has 98 valence electrons. The fourth-order valence-electron chi connectivity index (χ4n) is 2.69. The van der Waals surface area contributed by atoms with Crippen LogP contribution in [0.4, 0.5) is 0 Å². The van der Waals surface area contributed by atoms with E-state index in [-0.39, 0.29) is 0 Å². The van der Waals surface area contributed by atoms with Gasteiger partial charge in [-0.3, -0.25) is 4.98 Å². The third-order valence-corrected chi connectivity index (χ3v) is 5.30. The normalized spacial score (nSPS) is 18.0. The van der Waals surface area contributed by atoms with Crippen molar-refractivity contribution in [1.82, 2.24) is 4.98 Å². The van der Waals surface area contributed by atoms with Crippen LogP contribution in [-0.2, 0) is 11.8 Å². The van der Waals surface area contributed by atoms with E-state index < -0.39 is 0 Å². The highest BCUT2D eigenvalue weighted by Crippen LogP contribution is 2.54. The summed E-state index contributed by atoms with van der Waals surface area (Å²) >= 11 is 3.91. The Morgan fingerprint density at radius 1 is 1.16 bits per heavy atom. The predicted molar refractivity (Wildman–Crippen MR) is 82.7 cm³/mol. The molecule has 2 heteroatoms. The molecule has 0 aliphatic heterocycles. The average molecular weight is 316 g/mol. The topological polar surface area (TPSA) is 12.9 Å². The smallest absolute Gasteiger partial charge is 0.0415 e. The van der Waals surface area contributed by atoms with Gasteiger partial charge in [-0.2, -0.15) is 0 Å². The van der Waals surface area contributed by atoms with Crippen molar-refractivity contribution in [3.8, 4) is 0 Å². The number of benzene rings is 1. The molecule has 0 N–H and O–H groups in total. The highest BCUT2D eigenvalue weighted by atomic mass is 79.9. The average Bonchev–Trinajstić information content (AvgIpc) is 3.24. The summed E-state index contributed by atoms with van der Waals surface area (Å²) in [6.07, 6.45) is 5.50. The minimum absolute atomic E-state index is 0.327. The molecular weight excluding hydrogens is 298 g/mol. The van der Waals surface area contributed by atoms with E-state index >= 15 is 0 Å².